The number of carbonyl (C=O) groups is 1. The van der Waals surface area contributed by atoms with Crippen LogP contribution in [0.15, 0.2) is 23.1 Å². The van der Waals surface area contributed by atoms with Crippen molar-refractivity contribution < 1.29 is 23.4 Å². The van der Waals surface area contributed by atoms with Gasteiger partial charge >= 0.3 is 5.97 Å². The van der Waals surface area contributed by atoms with Crippen molar-refractivity contribution in [3.05, 3.63) is 28.8 Å². The molecule has 1 fully saturated rings. The van der Waals surface area contributed by atoms with E-state index in [0.717, 1.165) is 6.07 Å². The number of β-amino-alcohol motifs (C(OH)–C–C–N with tert-alkyl or cyclic N) is 1. The van der Waals surface area contributed by atoms with Crippen LogP contribution in [0.25, 0.3) is 0 Å². The lowest BCUT2D eigenvalue weighted by Gasteiger charge is -2.35. The van der Waals surface area contributed by atoms with Crippen LogP contribution in [-0.4, -0.2) is 47.6 Å². The molecule has 1 unspecified atom stereocenters. The van der Waals surface area contributed by atoms with Crippen molar-refractivity contribution in [3.8, 4) is 0 Å². The molecule has 0 saturated carbocycles. The highest BCUT2D eigenvalue weighted by Crippen LogP contribution is 2.28. The van der Waals surface area contributed by atoms with Crippen molar-refractivity contribution in [1.29, 1.82) is 0 Å². The number of rotatable bonds is 3. The number of piperidine rings is 1. The molecule has 6 nitrogen and oxygen atoms in total. The SMILES string of the molecule is CC1(O)CCCN(S(=O)(=O)c2ccc(C(=O)O)c(Cl)c2)C1. The van der Waals surface area contributed by atoms with E-state index < -0.39 is 21.6 Å². The van der Waals surface area contributed by atoms with Gasteiger partial charge < -0.3 is 10.2 Å². The Morgan fingerprint density at radius 2 is 2.10 bits per heavy atom. The van der Waals surface area contributed by atoms with Gasteiger partial charge in [-0.15, -0.1) is 0 Å². The lowest BCUT2D eigenvalue weighted by molar-refractivity contribution is 0.00940. The Bertz CT molecular complexity index is 671. The summed E-state index contributed by atoms with van der Waals surface area (Å²) in [4.78, 5) is 10.8. The lowest BCUT2D eigenvalue weighted by atomic mass is 9.97. The molecule has 1 atom stereocenters. The minimum absolute atomic E-state index is 0.00757. The molecule has 1 saturated heterocycles. The van der Waals surface area contributed by atoms with Gasteiger partial charge in [-0.25, -0.2) is 13.2 Å². The molecule has 116 valence electrons. The first-order valence-corrected chi connectivity index (χ1v) is 8.21. The van der Waals surface area contributed by atoms with Gasteiger partial charge in [0.15, 0.2) is 0 Å². The maximum absolute atomic E-state index is 12.5. The fourth-order valence-electron chi connectivity index (χ4n) is 2.36. The number of aromatic carboxylic acids is 1. The predicted molar refractivity (Wildman–Crippen MR) is 77.0 cm³/mol. The Kier molecular flexibility index (Phi) is 4.30. The number of halogens is 1. The molecule has 21 heavy (non-hydrogen) atoms. The minimum Gasteiger partial charge on any atom is -0.478 e. The van der Waals surface area contributed by atoms with Gasteiger partial charge in [0.05, 0.1) is 21.1 Å². The summed E-state index contributed by atoms with van der Waals surface area (Å²) in [7, 11) is -3.80. The second-order valence-electron chi connectivity index (χ2n) is 5.39. The highest BCUT2D eigenvalue weighted by molar-refractivity contribution is 7.89. The van der Waals surface area contributed by atoms with Crippen LogP contribution >= 0.6 is 11.6 Å². The highest BCUT2D eigenvalue weighted by Gasteiger charge is 2.35. The largest absolute Gasteiger partial charge is 0.478 e. The van der Waals surface area contributed by atoms with Crippen molar-refractivity contribution in [2.75, 3.05) is 13.1 Å². The minimum atomic E-state index is -3.80. The van der Waals surface area contributed by atoms with Gasteiger partial charge in [-0.2, -0.15) is 4.31 Å². The molecule has 1 aliphatic heterocycles. The van der Waals surface area contributed by atoms with Crippen molar-refractivity contribution in [2.24, 2.45) is 0 Å². The molecule has 2 rings (SSSR count). The summed E-state index contributed by atoms with van der Waals surface area (Å²) in [6.07, 6.45) is 1.10. The van der Waals surface area contributed by atoms with Crippen molar-refractivity contribution >= 4 is 27.6 Å². The van der Waals surface area contributed by atoms with Crippen molar-refractivity contribution in [3.63, 3.8) is 0 Å². The summed E-state index contributed by atoms with van der Waals surface area (Å²) in [5.41, 5.74) is -1.21. The Hall–Kier alpha value is -1.15. The Balaban J connectivity index is 2.36. The van der Waals surface area contributed by atoms with Crippen LogP contribution in [0.3, 0.4) is 0 Å². The number of hydrogen-bond acceptors (Lipinski definition) is 4. The molecule has 0 amide bonds. The van der Waals surface area contributed by atoms with Crippen LogP contribution in [0.5, 0.6) is 0 Å². The van der Waals surface area contributed by atoms with Gasteiger partial charge in [0.1, 0.15) is 0 Å². The second kappa shape index (κ2) is 5.57. The number of benzene rings is 1. The van der Waals surface area contributed by atoms with Gasteiger partial charge in [0, 0.05) is 13.1 Å². The number of carboxylic acids is 1. The maximum atomic E-state index is 12.5. The molecule has 0 bridgehead atoms. The fraction of sp³-hybridized carbons (Fsp3) is 0.462. The average molecular weight is 334 g/mol. The summed E-state index contributed by atoms with van der Waals surface area (Å²) in [5.74, 6) is -1.22. The van der Waals surface area contributed by atoms with E-state index in [1.54, 1.807) is 6.92 Å². The van der Waals surface area contributed by atoms with E-state index in [-0.39, 0.29) is 22.0 Å². The van der Waals surface area contributed by atoms with E-state index in [4.69, 9.17) is 16.7 Å². The predicted octanol–water partition coefficient (Wildman–Crippen LogP) is 1.57. The monoisotopic (exact) mass is 333 g/mol. The van der Waals surface area contributed by atoms with Crippen molar-refractivity contribution in [1.82, 2.24) is 4.31 Å². The van der Waals surface area contributed by atoms with Gasteiger partial charge in [-0.1, -0.05) is 11.6 Å². The van der Waals surface area contributed by atoms with Crippen LogP contribution < -0.4 is 0 Å². The molecule has 0 aromatic heterocycles. The number of hydrogen-bond donors (Lipinski definition) is 2. The maximum Gasteiger partial charge on any atom is 0.337 e. The zero-order chi connectivity index (χ0) is 15.8. The number of sulfonamides is 1. The third kappa shape index (κ3) is 3.37. The first-order chi connectivity index (χ1) is 9.63. The van der Waals surface area contributed by atoms with Crippen LogP contribution in [0, 0.1) is 0 Å². The fourth-order valence-corrected chi connectivity index (χ4v) is 4.31. The molecule has 0 radical (unpaired) electrons. The van der Waals surface area contributed by atoms with Crippen LogP contribution in [-0.2, 0) is 10.0 Å². The molecule has 2 N–H and O–H groups in total. The first-order valence-electron chi connectivity index (χ1n) is 6.39. The van der Waals surface area contributed by atoms with E-state index in [1.165, 1.54) is 16.4 Å². The van der Waals surface area contributed by atoms with Gasteiger partial charge in [0.25, 0.3) is 0 Å². The molecule has 8 heteroatoms. The Morgan fingerprint density at radius 3 is 2.62 bits per heavy atom. The van der Waals surface area contributed by atoms with E-state index in [9.17, 15) is 18.3 Å². The lowest BCUT2D eigenvalue weighted by Crippen LogP contribution is -2.48. The first kappa shape index (κ1) is 16.2. The number of aliphatic hydroxyl groups is 1. The van der Waals surface area contributed by atoms with E-state index in [2.05, 4.69) is 0 Å². The molecule has 1 aromatic carbocycles. The van der Waals surface area contributed by atoms with Crippen LogP contribution in [0.4, 0.5) is 0 Å². The zero-order valence-corrected chi connectivity index (χ0v) is 13.0. The van der Waals surface area contributed by atoms with Crippen LogP contribution in [0.2, 0.25) is 5.02 Å². The second-order valence-corrected chi connectivity index (χ2v) is 7.73. The van der Waals surface area contributed by atoms with Gasteiger partial charge in [0.2, 0.25) is 10.0 Å². The van der Waals surface area contributed by atoms with Crippen LogP contribution in [0.1, 0.15) is 30.1 Å². The van der Waals surface area contributed by atoms with Gasteiger partial charge in [-0.05, 0) is 38.0 Å². The molecular formula is C13H16ClNO5S. The Labute approximate surface area is 128 Å². The summed E-state index contributed by atoms with van der Waals surface area (Å²) in [6.45, 7) is 1.92. The Morgan fingerprint density at radius 1 is 1.43 bits per heavy atom. The summed E-state index contributed by atoms with van der Waals surface area (Å²) < 4.78 is 26.2. The van der Waals surface area contributed by atoms with E-state index in [1.807, 2.05) is 0 Å². The van der Waals surface area contributed by atoms with Gasteiger partial charge in [-0.3, -0.25) is 0 Å². The average Bonchev–Trinajstić information content (AvgIpc) is 2.36. The summed E-state index contributed by atoms with van der Waals surface area (Å²) >= 11 is 5.81. The molecule has 1 aromatic rings. The summed E-state index contributed by atoms with van der Waals surface area (Å²) in [5, 5.41) is 18.8. The molecule has 1 heterocycles. The highest BCUT2D eigenvalue weighted by atomic mass is 35.5. The normalized spacial score (nSPS) is 24.0. The molecule has 1 aliphatic rings. The number of nitrogens with zero attached hydrogens (tertiary/aromatic N) is 1. The molecular weight excluding hydrogens is 318 g/mol. The third-order valence-corrected chi connectivity index (χ3v) is 5.60. The summed E-state index contributed by atoms with van der Waals surface area (Å²) in [6, 6.07) is 3.51. The smallest absolute Gasteiger partial charge is 0.337 e. The quantitative estimate of drug-likeness (QED) is 0.875. The third-order valence-electron chi connectivity index (χ3n) is 3.45. The van der Waals surface area contributed by atoms with Crippen molar-refractivity contribution in [2.45, 2.75) is 30.3 Å². The standard InChI is InChI=1S/C13H16ClNO5S/c1-13(18)5-2-6-15(8-13)21(19,20)9-3-4-10(12(16)17)11(14)7-9/h3-4,7,18H,2,5-6,8H2,1H3,(H,16,17). The van der Waals surface area contributed by atoms with E-state index >= 15 is 0 Å². The van der Waals surface area contributed by atoms with E-state index in [0.29, 0.717) is 19.4 Å². The zero-order valence-electron chi connectivity index (χ0n) is 11.4. The molecule has 0 aliphatic carbocycles. The topological polar surface area (TPSA) is 94.9 Å². The molecule has 0 spiro atoms. The number of carboxylic acid groups (broad SMARTS) is 1.